The minimum absolute atomic E-state index is 0.0152. The number of rotatable bonds is 3. The summed E-state index contributed by atoms with van der Waals surface area (Å²) in [7, 11) is 0. The smallest absolute Gasteiger partial charge is 0.410 e. The van der Waals surface area contributed by atoms with Crippen LogP contribution in [0.3, 0.4) is 0 Å². The van der Waals surface area contributed by atoms with E-state index in [0.717, 1.165) is 17.3 Å². The molecule has 1 saturated heterocycles. The van der Waals surface area contributed by atoms with Crippen LogP contribution in [0.15, 0.2) is 22.7 Å². The van der Waals surface area contributed by atoms with Gasteiger partial charge in [0.05, 0.1) is 12.1 Å². The predicted octanol–water partition coefficient (Wildman–Crippen LogP) is 4.07. The molecule has 0 atom stereocenters. The van der Waals surface area contributed by atoms with Gasteiger partial charge >= 0.3 is 6.09 Å². The Bertz CT molecular complexity index is 740. The van der Waals surface area contributed by atoms with Crippen molar-refractivity contribution in [3.05, 3.63) is 28.2 Å². The Labute approximate surface area is 168 Å². The molecule has 1 aromatic carbocycles. The van der Waals surface area contributed by atoms with Crippen molar-refractivity contribution >= 4 is 27.9 Å². The number of hydrogen-bond acceptors (Lipinski definition) is 4. The maximum Gasteiger partial charge on any atom is 0.410 e. The number of piperazine rings is 1. The largest absolute Gasteiger partial charge is 0.494 e. The van der Waals surface area contributed by atoms with Gasteiger partial charge in [-0.1, -0.05) is 15.9 Å². The SMILES string of the molecule is CCOc1cc(Br)cc(C(=O)N2CCN(C(=O)OC(C)(C)C)CC23CC3)c1. The van der Waals surface area contributed by atoms with Crippen LogP contribution in [-0.2, 0) is 4.74 Å². The van der Waals surface area contributed by atoms with Crippen molar-refractivity contribution in [2.75, 3.05) is 26.2 Å². The fourth-order valence-electron chi connectivity index (χ4n) is 3.44. The molecule has 27 heavy (non-hydrogen) atoms. The average molecular weight is 439 g/mol. The zero-order chi connectivity index (χ0) is 19.8. The summed E-state index contributed by atoms with van der Waals surface area (Å²) >= 11 is 3.46. The van der Waals surface area contributed by atoms with E-state index in [1.807, 2.05) is 44.7 Å². The standard InChI is InChI=1S/C20H27BrN2O4/c1-5-26-16-11-14(10-15(21)12-16)17(24)23-9-8-22(13-20(23)6-7-20)18(25)27-19(2,3)4/h10-12H,5-9,13H2,1-4H3. The highest BCUT2D eigenvalue weighted by atomic mass is 79.9. The molecule has 6 nitrogen and oxygen atoms in total. The molecule has 2 aliphatic rings. The maximum atomic E-state index is 13.2. The van der Waals surface area contributed by atoms with E-state index in [9.17, 15) is 9.59 Å². The molecule has 2 fully saturated rings. The van der Waals surface area contributed by atoms with Crippen LogP contribution in [0.25, 0.3) is 0 Å². The van der Waals surface area contributed by atoms with Gasteiger partial charge in [-0.25, -0.2) is 4.79 Å². The van der Waals surface area contributed by atoms with Gasteiger partial charge in [-0.2, -0.15) is 0 Å². The first-order valence-electron chi connectivity index (χ1n) is 9.37. The van der Waals surface area contributed by atoms with Gasteiger partial charge in [0.2, 0.25) is 0 Å². The second-order valence-corrected chi connectivity index (χ2v) is 9.11. The molecule has 0 N–H and O–H groups in total. The Morgan fingerprint density at radius 2 is 1.89 bits per heavy atom. The maximum absolute atomic E-state index is 13.2. The van der Waals surface area contributed by atoms with E-state index < -0.39 is 5.60 Å². The Kier molecular flexibility index (Phi) is 5.43. The summed E-state index contributed by atoms with van der Waals surface area (Å²) < 4.78 is 11.9. The van der Waals surface area contributed by atoms with Crippen LogP contribution < -0.4 is 4.74 Å². The molecular formula is C20H27BrN2O4. The summed E-state index contributed by atoms with van der Waals surface area (Å²) in [5.41, 5.74) is -0.183. The van der Waals surface area contributed by atoms with Crippen molar-refractivity contribution in [1.29, 1.82) is 0 Å². The van der Waals surface area contributed by atoms with Crippen LogP contribution in [0.2, 0.25) is 0 Å². The molecule has 0 radical (unpaired) electrons. The molecular weight excluding hydrogens is 412 g/mol. The van der Waals surface area contributed by atoms with Gasteiger partial charge < -0.3 is 19.3 Å². The Morgan fingerprint density at radius 1 is 1.19 bits per heavy atom. The quantitative estimate of drug-likeness (QED) is 0.713. The van der Waals surface area contributed by atoms with E-state index in [2.05, 4.69) is 15.9 Å². The summed E-state index contributed by atoms with van der Waals surface area (Å²) in [5.74, 6) is 0.658. The summed E-state index contributed by atoms with van der Waals surface area (Å²) in [6.45, 7) is 9.56. The van der Waals surface area contributed by atoms with E-state index in [0.29, 0.717) is 37.6 Å². The molecule has 7 heteroatoms. The van der Waals surface area contributed by atoms with Crippen molar-refractivity contribution in [2.24, 2.45) is 0 Å². The lowest BCUT2D eigenvalue weighted by Crippen LogP contribution is -2.58. The van der Waals surface area contributed by atoms with E-state index in [1.165, 1.54) is 0 Å². The number of nitrogens with zero attached hydrogens (tertiary/aromatic N) is 2. The Balaban J connectivity index is 1.74. The summed E-state index contributed by atoms with van der Waals surface area (Å²) in [6.07, 6.45) is 1.51. The van der Waals surface area contributed by atoms with Crippen LogP contribution in [0.4, 0.5) is 4.79 Å². The molecule has 0 unspecified atom stereocenters. The van der Waals surface area contributed by atoms with Gasteiger partial charge in [-0.05, 0) is 58.7 Å². The van der Waals surface area contributed by atoms with Crippen molar-refractivity contribution in [3.8, 4) is 5.75 Å². The van der Waals surface area contributed by atoms with Gasteiger partial charge in [0.25, 0.3) is 5.91 Å². The third kappa shape index (κ3) is 4.57. The zero-order valence-corrected chi connectivity index (χ0v) is 18.0. The normalized spacial score (nSPS) is 18.4. The molecule has 0 bridgehead atoms. The number of carbonyl (C=O) groups is 2. The summed E-state index contributed by atoms with van der Waals surface area (Å²) in [5, 5.41) is 0. The summed E-state index contributed by atoms with van der Waals surface area (Å²) in [6, 6.07) is 5.46. The number of ether oxygens (including phenoxy) is 2. The summed E-state index contributed by atoms with van der Waals surface area (Å²) in [4.78, 5) is 29.3. The number of halogens is 1. The van der Waals surface area contributed by atoms with Gasteiger partial charge in [0.1, 0.15) is 11.4 Å². The highest BCUT2D eigenvalue weighted by Gasteiger charge is 2.54. The van der Waals surface area contributed by atoms with Gasteiger partial charge in [-0.15, -0.1) is 0 Å². The van der Waals surface area contributed by atoms with E-state index in [-0.39, 0.29) is 17.5 Å². The van der Waals surface area contributed by atoms with Crippen molar-refractivity contribution < 1.29 is 19.1 Å². The molecule has 148 valence electrons. The molecule has 1 aliphatic carbocycles. The third-order valence-corrected chi connectivity index (χ3v) is 5.26. The highest BCUT2D eigenvalue weighted by Crippen LogP contribution is 2.45. The van der Waals surface area contributed by atoms with Crippen molar-refractivity contribution in [1.82, 2.24) is 9.80 Å². The van der Waals surface area contributed by atoms with E-state index in [4.69, 9.17) is 9.47 Å². The fraction of sp³-hybridized carbons (Fsp3) is 0.600. The second-order valence-electron chi connectivity index (χ2n) is 8.19. The topological polar surface area (TPSA) is 59.1 Å². The second kappa shape index (κ2) is 7.34. The number of carbonyl (C=O) groups excluding carboxylic acids is 2. The molecule has 1 aliphatic heterocycles. The molecule has 0 aromatic heterocycles. The predicted molar refractivity (Wildman–Crippen MR) is 106 cm³/mol. The van der Waals surface area contributed by atoms with Crippen LogP contribution >= 0.6 is 15.9 Å². The lowest BCUT2D eigenvalue weighted by molar-refractivity contribution is 0.000630. The monoisotopic (exact) mass is 438 g/mol. The number of benzene rings is 1. The van der Waals surface area contributed by atoms with Crippen molar-refractivity contribution in [3.63, 3.8) is 0 Å². The van der Waals surface area contributed by atoms with Gasteiger partial charge in [0, 0.05) is 29.7 Å². The minimum Gasteiger partial charge on any atom is -0.494 e. The lowest BCUT2D eigenvalue weighted by Gasteiger charge is -2.42. The minimum atomic E-state index is -0.521. The van der Waals surface area contributed by atoms with Crippen LogP contribution in [0, 0.1) is 0 Å². The van der Waals surface area contributed by atoms with E-state index >= 15 is 0 Å². The third-order valence-electron chi connectivity index (χ3n) is 4.80. The Hall–Kier alpha value is -1.76. The average Bonchev–Trinajstić information content (AvgIpc) is 3.32. The zero-order valence-electron chi connectivity index (χ0n) is 16.4. The van der Waals surface area contributed by atoms with Crippen LogP contribution in [0.5, 0.6) is 5.75 Å². The molecule has 3 rings (SSSR count). The molecule has 1 saturated carbocycles. The first-order valence-corrected chi connectivity index (χ1v) is 10.2. The lowest BCUT2D eigenvalue weighted by atomic mass is 10.1. The number of hydrogen-bond donors (Lipinski definition) is 0. The number of amides is 2. The Morgan fingerprint density at radius 3 is 2.48 bits per heavy atom. The van der Waals surface area contributed by atoms with Crippen molar-refractivity contribution in [2.45, 2.75) is 51.7 Å². The first kappa shape index (κ1) is 20.0. The van der Waals surface area contributed by atoms with Gasteiger partial charge in [0.15, 0.2) is 0 Å². The van der Waals surface area contributed by atoms with Crippen LogP contribution in [-0.4, -0.2) is 59.2 Å². The fourth-order valence-corrected chi connectivity index (χ4v) is 3.91. The van der Waals surface area contributed by atoms with E-state index in [1.54, 1.807) is 11.0 Å². The molecule has 1 spiro atoms. The first-order chi connectivity index (χ1) is 12.6. The molecule has 1 heterocycles. The van der Waals surface area contributed by atoms with Gasteiger partial charge in [-0.3, -0.25) is 4.79 Å². The molecule has 2 amide bonds. The van der Waals surface area contributed by atoms with Crippen LogP contribution in [0.1, 0.15) is 50.9 Å². The highest BCUT2D eigenvalue weighted by molar-refractivity contribution is 9.10. The molecule has 1 aromatic rings.